The first kappa shape index (κ1) is 17.8. The molecule has 0 unspecified atom stereocenters. The van der Waals surface area contributed by atoms with Crippen LogP contribution in [0.3, 0.4) is 0 Å². The molecule has 3 heterocycles. The van der Waals surface area contributed by atoms with Gasteiger partial charge in [-0.05, 0) is 24.3 Å². The molecular weight excluding hydrogens is 356 g/mol. The van der Waals surface area contributed by atoms with Crippen molar-refractivity contribution in [1.29, 1.82) is 0 Å². The number of pyridine rings is 1. The molecule has 1 spiro atoms. The van der Waals surface area contributed by atoms with Gasteiger partial charge in [0, 0.05) is 38.2 Å². The van der Waals surface area contributed by atoms with E-state index in [1.165, 1.54) is 12.3 Å². The molecule has 1 N–H and O–H groups in total. The van der Waals surface area contributed by atoms with Gasteiger partial charge in [-0.1, -0.05) is 0 Å². The summed E-state index contributed by atoms with van der Waals surface area (Å²) in [7, 11) is 0. The lowest BCUT2D eigenvalue weighted by atomic mass is 10.0. The van der Waals surface area contributed by atoms with Crippen molar-refractivity contribution in [2.45, 2.75) is 18.6 Å². The van der Waals surface area contributed by atoms with Crippen LogP contribution in [0.5, 0.6) is 0 Å². The molecule has 2 fully saturated rings. The summed E-state index contributed by atoms with van der Waals surface area (Å²) in [4.78, 5) is 18.6. The number of carbonyl (C=O) groups excluding carboxylic acids is 1. The molecule has 6 nitrogen and oxygen atoms in total. The number of ether oxygens (including phenoxy) is 2. The maximum Gasteiger partial charge on any atom is 0.255 e. The number of likely N-dealkylation sites (tertiary alicyclic amines) is 1. The Balaban J connectivity index is 1.39. The van der Waals surface area contributed by atoms with Crippen LogP contribution >= 0.6 is 0 Å². The van der Waals surface area contributed by atoms with Gasteiger partial charge in [-0.3, -0.25) is 4.79 Å². The molecule has 8 heteroatoms. The number of benzene rings is 1. The monoisotopic (exact) mass is 375 g/mol. The molecule has 0 radical (unpaired) electrons. The molecule has 142 valence electrons. The van der Waals surface area contributed by atoms with E-state index in [1.54, 1.807) is 17.0 Å². The second kappa shape index (κ2) is 7.21. The van der Waals surface area contributed by atoms with Gasteiger partial charge in [0.15, 0.2) is 5.79 Å². The highest BCUT2D eigenvalue weighted by atomic mass is 19.1. The maximum absolute atomic E-state index is 13.7. The van der Waals surface area contributed by atoms with Gasteiger partial charge in [0.1, 0.15) is 17.5 Å². The van der Waals surface area contributed by atoms with Crippen LogP contribution in [0.15, 0.2) is 36.5 Å². The summed E-state index contributed by atoms with van der Waals surface area (Å²) in [5, 5.41) is 2.77. The highest BCUT2D eigenvalue weighted by Crippen LogP contribution is 2.31. The summed E-state index contributed by atoms with van der Waals surface area (Å²) < 4.78 is 38.0. The Morgan fingerprint density at radius 2 is 1.85 bits per heavy atom. The summed E-state index contributed by atoms with van der Waals surface area (Å²) in [5.74, 6) is -1.64. The van der Waals surface area contributed by atoms with E-state index >= 15 is 0 Å². The van der Waals surface area contributed by atoms with Gasteiger partial charge >= 0.3 is 0 Å². The summed E-state index contributed by atoms with van der Waals surface area (Å²) >= 11 is 0. The third-order valence-corrected chi connectivity index (χ3v) is 4.83. The molecule has 2 aromatic rings. The zero-order valence-corrected chi connectivity index (χ0v) is 14.6. The lowest BCUT2D eigenvalue weighted by Crippen LogP contribution is -2.47. The average Bonchev–Trinajstić information content (AvgIpc) is 3.13. The number of nitrogens with one attached hydrogen (secondary N) is 1. The average molecular weight is 375 g/mol. The number of nitrogens with zero attached hydrogens (tertiary/aromatic N) is 2. The maximum atomic E-state index is 13.7. The van der Waals surface area contributed by atoms with Crippen molar-refractivity contribution in [2.75, 3.05) is 31.6 Å². The van der Waals surface area contributed by atoms with Gasteiger partial charge in [0.25, 0.3) is 5.91 Å². The van der Waals surface area contributed by atoms with E-state index in [0.29, 0.717) is 50.5 Å². The molecule has 27 heavy (non-hydrogen) atoms. The molecule has 1 aromatic heterocycles. The van der Waals surface area contributed by atoms with Crippen molar-refractivity contribution in [2.24, 2.45) is 0 Å². The van der Waals surface area contributed by atoms with E-state index in [1.807, 2.05) is 0 Å². The number of aromatic nitrogens is 1. The fourth-order valence-electron chi connectivity index (χ4n) is 3.34. The van der Waals surface area contributed by atoms with Gasteiger partial charge in [-0.2, -0.15) is 0 Å². The summed E-state index contributed by atoms with van der Waals surface area (Å²) in [6.07, 6.45) is 2.74. The summed E-state index contributed by atoms with van der Waals surface area (Å²) in [6, 6.07) is 6.46. The van der Waals surface area contributed by atoms with E-state index in [-0.39, 0.29) is 11.6 Å². The van der Waals surface area contributed by atoms with Crippen molar-refractivity contribution in [3.63, 3.8) is 0 Å². The summed E-state index contributed by atoms with van der Waals surface area (Å²) in [6.45, 7) is 2.31. The molecule has 0 saturated carbocycles. The van der Waals surface area contributed by atoms with Crippen LogP contribution in [0.4, 0.5) is 20.3 Å². The van der Waals surface area contributed by atoms with Crippen LogP contribution in [0.25, 0.3) is 0 Å². The number of carbonyl (C=O) groups is 1. The first-order valence-electron chi connectivity index (χ1n) is 8.80. The number of piperidine rings is 1. The van der Waals surface area contributed by atoms with E-state index in [4.69, 9.17) is 9.47 Å². The van der Waals surface area contributed by atoms with Crippen molar-refractivity contribution in [1.82, 2.24) is 9.88 Å². The van der Waals surface area contributed by atoms with Crippen LogP contribution in [0.2, 0.25) is 0 Å². The molecule has 2 aliphatic rings. The van der Waals surface area contributed by atoms with Crippen molar-refractivity contribution in [3.05, 3.63) is 53.7 Å². The van der Waals surface area contributed by atoms with E-state index in [0.717, 1.165) is 12.1 Å². The first-order valence-corrected chi connectivity index (χ1v) is 8.80. The molecule has 1 aromatic carbocycles. The highest BCUT2D eigenvalue weighted by Gasteiger charge is 2.40. The minimum absolute atomic E-state index is 0.112. The zero-order chi connectivity index (χ0) is 18.9. The molecule has 0 atom stereocenters. The number of hydrogen-bond donors (Lipinski definition) is 1. The number of rotatable bonds is 3. The predicted octanol–water partition coefficient (Wildman–Crippen LogP) is 3.08. The van der Waals surface area contributed by atoms with Crippen LogP contribution in [-0.4, -0.2) is 47.9 Å². The molecule has 2 aliphatic heterocycles. The lowest BCUT2D eigenvalue weighted by molar-refractivity contribution is -0.181. The third-order valence-electron chi connectivity index (χ3n) is 4.83. The Morgan fingerprint density at radius 3 is 2.48 bits per heavy atom. The molecule has 0 aliphatic carbocycles. The van der Waals surface area contributed by atoms with Crippen molar-refractivity contribution in [3.8, 4) is 0 Å². The second-order valence-electron chi connectivity index (χ2n) is 6.58. The van der Waals surface area contributed by atoms with Gasteiger partial charge in [0.2, 0.25) is 0 Å². The Labute approximate surface area is 155 Å². The van der Waals surface area contributed by atoms with E-state index < -0.39 is 17.4 Å². The van der Waals surface area contributed by atoms with E-state index in [9.17, 15) is 13.6 Å². The normalized spacial score (nSPS) is 18.7. The number of hydrogen-bond acceptors (Lipinski definition) is 5. The Hall–Kier alpha value is -2.58. The highest BCUT2D eigenvalue weighted by molar-refractivity contribution is 5.94. The Bertz CT molecular complexity index is 829. The quantitative estimate of drug-likeness (QED) is 0.893. The SMILES string of the molecule is O=C(c1ccc(Nc2ccc(F)cc2F)nc1)N1CCC2(CC1)OCCO2. The smallest absolute Gasteiger partial charge is 0.255 e. The minimum Gasteiger partial charge on any atom is -0.347 e. The number of anilines is 2. The van der Waals surface area contributed by atoms with E-state index in [2.05, 4.69) is 10.3 Å². The first-order chi connectivity index (χ1) is 13.0. The van der Waals surface area contributed by atoms with Crippen molar-refractivity contribution >= 4 is 17.4 Å². The zero-order valence-electron chi connectivity index (χ0n) is 14.6. The second-order valence-corrected chi connectivity index (χ2v) is 6.58. The molecule has 2 saturated heterocycles. The van der Waals surface area contributed by atoms with Crippen LogP contribution < -0.4 is 5.32 Å². The summed E-state index contributed by atoms with van der Waals surface area (Å²) in [5.41, 5.74) is 0.560. The number of amides is 1. The standard InChI is InChI=1S/C19H19F2N3O3/c20-14-2-3-16(15(21)11-14)23-17-4-1-13(12-22-17)18(25)24-7-5-19(6-8-24)26-9-10-27-19/h1-4,11-12H,5-10H2,(H,22,23). The largest absolute Gasteiger partial charge is 0.347 e. The molecule has 4 rings (SSSR count). The van der Waals surface area contributed by atoms with Crippen LogP contribution in [0, 0.1) is 11.6 Å². The van der Waals surface area contributed by atoms with Gasteiger partial charge in [-0.15, -0.1) is 0 Å². The topological polar surface area (TPSA) is 63.7 Å². The lowest BCUT2D eigenvalue weighted by Gasteiger charge is -2.37. The van der Waals surface area contributed by atoms with Gasteiger partial charge < -0.3 is 19.7 Å². The van der Waals surface area contributed by atoms with Crippen molar-refractivity contribution < 1.29 is 23.0 Å². The Morgan fingerprint density at radius 1 is 1.11 bits per heavy atom. The van der Waals surface area contributed by atoms with Crippen LogP contribution in [-0.2, 0) is 9.47 Å². The minimum atomic E-state index is -0.712. The molecule has 0 bridgehead atoms. The number of halogens is 2. The van der Waals surface area contributed by atoms with Gasteiger partial charge in [0.05, 0.1) is 24.5 Å². The fourth-order valence-corrected chi connectivity index (χ4v) is 3.34. The molecule has 1 amide bonds. The Kier molecular flexibility index (Phi) is 4.75. The van der Waals surface area contributed by atoms with Crippen LogP contribution in [0.1, 0.15) is 23.2 Å². The predicted molar refractivity (Wildman–Crippen MR) is 93.7 cm³/mol. The third kappa shape index (κ3) is 3.77. The fraction of sp³-hybridized carbons (Fsp3) is 0.368. The molecular formula is C19H19F2N3O3. The van der Waals surface area contributed by atoms with Gasteiger partial charge in [-0.25, -0.2) is 13.8 Å².